The van der Waals surface area contributed by atoms with Crippen molar-refractivity contribution in [3.8, 4) is 11.5 Å². The fourth-order valence-electron chi connectivity index (χ4n) is 8.09. The van der Waals surface area contributed by atoms with Gasteiger partial charge in [0, 0.05) is 44.3 Å². The van der Waals surface area contributed by atoms with E-state index in [1.807, 2.05) is 0 Å². The number of hydrogen-bond donors (Lipinski definition) is 0. The molecule has 0 spiro atoms. The maximum atomic E-state index is 6.18. The fraction of sp³-hybridized carbons (Fsp3) is 0.321. The van der Waals surface area contributed by atoms with Gasteiger partial charge >= 0.3 is 0 Å². The molecule has 0 saturated heterocycles. The molecule has 4 heteroatoms. The minimum absolute atomic E-state index is 0.723. The highest BCUT2D eigenvalue weighted by Crippen LogP contribution is 2.52. The minimum atomic E-state index is 0.723. The quantitative estimate of drug-likeness (QED) is 0.0436. The zero-order chi connectivity index (χ0) is 41.8. The first kappa shape index (κ1) is 42.4. The highest BCUT2D eigenvalue weighted by molar-refractivity contribution is 6.23. The van der Waals surface area contributed by atoms with Gasteiger partial charge in [0.15, 0.2) is 0 Å². The first-order valence-corrected chi connectivity index (χ1v) is 22.6. The highest BCUT2D eigenvalue weighted by atomic mass is 16.5. The van der Waals surface area contributed by atoms with Crippen LogP contribution in [0.5, 0.6) is 11.5 Å². The molecule has 0 amide bonds. The minimum Gasteiger partial charge on any atom is -0.494 e. The van der Waals surface area contributed by atoms with E-state index in [4.69, 9.17) is 9.47 Å². The van der Waals surface area contributed by atoms with Gasteiger partial charge in [-0.15, -0.1) is 0 Å². The van der Waals surface area contributed by atoms with E-state index in [0.29, 0.717) is 0 Å². The second-order valence-electron chi connectivity index (χ2n) is 16.4. The van der Waals surface area contributed by atoms with Crippen LogP contribution in [0.25, 0.3) is 21.5 Å². The molecule has 0 aliphatic carbocycles. The lowest BCUT2D eigenvalue weighted by Gasteiger charge is -2.33. The summed E-state index contributed by atoms with van der Waals surface area (Å²) in [5, 5.41) is 4.89. The van der Waals surface area contributed by atoms with Crippen molar-refractivity contribution in [1.82, 2.24) is 0 Å². The van der Waals surface area contributed by atoms with Gasteiger partial charge in [-0.25, -0.2) is 0 Å². The van der Waals surface area contributed by atoms with Gasteiger partial charge in [0.25, 0.3) is 0 Å². The molecule has 7 aromatic carbocycles. The molecule has 4 nitrogen and oxygen atoms in total. The van der Waals surface area contributed by atoms with Gasteiger partial charge < -0.3 is 19.3 Å². The van der Waals surface area contributed by atoms with Crippen LogP contribution in [0.15, 0.2) is 133 Å². The Balaban J connectivity index is 1.56. The third-order valence-electron chi connectivity index (χ3n) is 11.6. The van der Waals surface area contributed by atoms with E-state index in [1.54, 1.807) is 0 Å². The smallest absolute Gasteiger partial charge is 0.119 e. The summed E-state index contributed by atoms with van der Waals surface area (Å²) < 4.78 is 12.4. The van der Waals surface area contributed by atoms with Crippen LogP contribution in [0.1, 0.15) is 101 Å². The second kappa shape index (κ2) is 20.5. The molecule has 0 heterocycles. The Morgan fingerprint density at radius 1 is 0.367 bits per heavy atom. The van der Waals surface area contributed by atoms with E-state index in [1.165, 1.54) is 55.2 Å². The maximum absolute atomic E-state index is 6.18. The molecule has 60 heavy (non-hydrogen) atoms. The largest absolute Gasteiger partial charge is 0.494 e. The van der Waals surface area contributed by atoms with Crippen LogP contribution in [0, 0.1) is 13.8 Å². The van der Waals surface area contributed by atoms with Crippen LogP contribution in [-0.2, 0) is 12.8 Å². The molecule has 0 saturated carbocycles. The van der Waals surface area contributed by atoms with Crippen LogP contribution < -0.4 is 19.3 Å². The molecule has 7 aromatic rings. The molecule has 0 radical (unpaired) electrons. The zero-order valence-electron chi connectivity index (χ0n) is 36.9. The van der Waals surface area contributed by atoms with Crippen molar-refractivity contribution in [2.45, 2.75) is 106 Å². The van der Waals surface area contributed by atoms with Crippen molar-refractivity contribution in [1.29, 1.82) is 0 Å². The Hall–Kier alpha value is -5.74. The summed E-state index contributed by atoms with van der Waals surface area (Å²) in [6.45, 7) is 14.7. The summed E-state index contributed by atoms with van der Waals surface area (Å²) in [6, 6.07) is 50.0. The van der Waals surface area contributed by atoms with Crippen molar-refractivity contribution in [2.75, 3.05) is 23.0 Å². The molecule has 7 rings (SSSR count). The number of anilines is 6. The average Bonchev–Trinajstić information content (AvgIpc) is 3.28. The molecule has 0 N–H and O–H groups in total. The van der Waals surface area contributed by atoms with Crippen LogP contribution >= 0.6 is 0 Å². The molecular formula is C56H64N2O2. The molecule has 0 fully saturated rings. The van der Waals surface area contributed by atoms with Gasteiger partial charge in [-0.05, 0) is 148 Å². The number of rotatable bonds is 20. The lowest BCUT2D eigenvalue weighted by molar-refractivity contribution is 0.309. The average molecular weight is 797 g/mol. The van der Waals surface area contributed by atoms with E-state index in [0.717, 1.165) is 112 Å². The van der Waals surface area contributed by atoms with Crippen molar-refractivity contribution < 1.29 is 9.47 Å². The predicted octanol–water partition coefficient (Wildman–Crippen LogP) is 16.6. The Bertz CT molecular complexity index is 2260. The lowest BCUT2D eigenvalue weighted by Crippen LogP contribution is -2.15. The van der Waals surface area contributed by atoms with Crippen LogP contribution in [0.3, 0.4) is 0 Å². The number of fused-ring (bicyclic) bond motifs is 2. The van der Waals surface area contributed by atoms with E-state index in [2.05, 4.69) is 185 Å². The third kappa shape index (κ3) is 9.82. The monoisotopic (exact) mass is 796 g/mol. The topological polar surface area (TPSA) is 24.9 Å². The molecule has 0 aliphatic heterocycles. The molecular weight excluding hydrogens is 733 g/mol. The Morgan fingerprint density at radius 3 is 1.03 bits per heavy atom. The van der Waals surface area contributed by atoms with E-state index >= 15 is 0 Å². The van der Waals surface area contributed by atoms with Crippen LogP contribution in [-0.4, -0.2) is 13.2 Å². The number of nitrogens with zero attached hydrogens (tertiary/aromatic N) is 2. The third-order valence-corrected chi connectivity index (χ3v) is 11.6. The molecule has 0 aromatic heterocycles. The van der Waals surface area contributed by atoms with E-state index in [9.17, 15) is 0 Å². The summed E-state index contributed by atoms with van der Waals surface area (Å²) in [5.74, 6) is 1.80. The van der Waals surface area contributed by atoms with Gasteiger partial charge in [-0.2, -0.15) is 0 Å². The molecule has 0 bridgehead atoms. The molecule has 0 aliphatic rings. The highest BCUT2D eigenvalue weighted by Gasteiger charge is 2.26. The Kier molecular flexibility index (Phi) is 14.5. The number of ether oxygens (including phenoxy) is 2. The predicted molar refractivity (Wildman–Crippen MR) is 258 cm³/mol. The van der Waals surface area contributed by atoms with Crippen molar-refractivity contribution >= 4 is 55.7 Å². The van der Waals surface area contributed by atoms with Gasteiger partial charge in [0.1, 0.15) is 11.5 Å². The van der Waals surface area contributed by atoms with Gasteiger partial charge in [0.05, 0.1) is 24.6 Å². The SMILES string of the molecule is CCCCOc1ccc(N(c2ccc(C)cc2)c2c3ccc(CCCC)cc3c(N(c3ccc(C)cc3)c3ccc(OCCCC)cc3)c3ccc(CCCC)cc23)cc1. The Labute approximate surface area is 359 Å². The number of benzene rings is 7. The van der Waals surface area contributed by atoms with Gasteiger partial charge in [-0.1, -0.05) is 113 Å². The summed E-state index contributed by atoms with van der Waals surface area (Å²) in [4.78, 5) is 4.97. The van der Waals surface area contributed by atoms with Crippen molar-refractivity contribution in [2.24, 2.45) is 0 Å². The number of unbranched alkanes of at least 4 members (excludes halogenated alkanes) is 4. The summed E-state index contributed by atoms with van der Waals surface area (Å²) in [5.41, 5.74) is 12.0. The molecule has 0 unspecified atom stereocenters. The zero-order valence-corrected chi connectivity index (χ0v) is 36.9. The lowest BCUT2D eigenvalue weighted by atomic mass is 9.91. The van der Waals surface area contributed by atoms with E-state index in [-0.39, 0.29) is 0 Å². The van der Waals surface area contributed by atoms with Crippen LogP contribution in [0.2, 0.25) is 0 Å². The van der Waals surface area contributed by atoms with Crippen molar-refractivity contribution in [3.63, 3.8) is 0 Å². The fourth-order valence-corrected chi connectivity index (χ4v) is 8.09. The standard InChI is InChI=1S/C56H64N2O2/c1-7-11-15-43-21-35-51-53(39-43)55(57(45-23-17-41(5)18-24-45)47-27-31-49(32-28-47)59-37-13-9-3)52-36-22-44(16-12-8-2)40-54(52)56(51)58(46-25-19-42(6)20-26-46)48-29-33-50(34-30-48)60-38-14-10-4/h17-36,39-40H,7-16,37-38H2,1-6H3. The first-order valence-electron chi connectivity index (χ1n) is 22.6. The maximum Gasteiger partial charge on any atom is 0.119 e. The van der Waals surface area contributed by atoms with Crippen LogP contribution in [0.4, 0.5) is 34.1 Å². The van der Waals surface area contributed by atoms with Gasteiger partial charge in [0.2, 0.25) is 0 Å². The van der Waals surface area contributed by atoms with E-state index < -0.39 is 0 Å². The summed E-state index contributed by atoms with van der Waals surface area (Å²) in [7, 11) is 0. The number of hydrogen-bond acceptors (Lipinski definition) is 4. The molecule has 0 atom stereocenters. The summed E-state index contributed by atoms with van der Waals surface area (Å²) >= 11 is 0. The summed E-state index contributed by atoms with van der Waals surface area (Å²) in [6.07, 6.45) is 10.9. The Morgan fingerprint density at radius 2 is 0.700 bits per heavy atom. The van der Waals surface area contributed by atoms with Gasteiger partial charge in [-0.3, -0.25) is 0 Å². The molecule has 310 valence electrons. The second-order valence-corrected chi connectivity index (χ2v) is 16.4. The number of aryl methyl sites for hydroxylation is 4. The first-order chi connectivity index (χ1) is 29.4. The van der Waals surface area contributed by atoms with Crippen molar-refractivity contribution in [3.05, 3.63) is 156 Å². The normalized spacial score (nSPS) is 11.3.